The quantitative estimate of drug-likeness (QED) is 0.796. The fourth-order valence-corrected chi connectivity index (χ4v) is 2.36. The average molecular weight is 279 g/mol. The first kappa shape index (κ1) is 11.5. The number of hydrogen-bond donors (Lipinski definition) is 0. The zero-order chi connectivity index (χ0) is 11.5. The number of nitrogens with zero attached hydrogens (tertiary/aromatic N) is 2. The van der Waals surface area contributed by atoms with E-state index in [1.165, 1.54) is 5.56 Å². The lowest BCUT2D eigenvalue weighted by molar-refractivity contribution is 0.838. The van der Waals surface area contributed by atoms with Gasteiger partial charge in [-0.15, -0.1) is 0 Å². The molecule has 2 rings (SSSR count). The van der Waals surface area contributed by atoms with E-state index in [1.54, 1.807) is 0 Å². The second kappa shape index (κ2) is 4.91. The van der Waals surface area contributed by atoms with Crippen LogP contribution in [0.25, 0.3) is 10.9 Å². The summed E-state index contributed by atoms with van der Waals surface area (Å²) in [4.78, 5) is 9.13. The van der Waals surface area contributed by atoms with Crippen LogP contribution in [0.1, 0.15) is 31.7 Å². The Balaban J connectivity index is 2.67. The molecule has 3 heteroatoms. The van der Waals surface area contributed by atoms with Gasteiger partial charge in [-0.25, -0.2) is 9.97 Å². The molecule has 0 atom stereocenters. The van der Waals surface area contributed by atoms with Crippen molar-refractivity contribution in [1.82, 2.24) is 9.97 Å². The summed E-state index contributed by atoms with van der Waals surface area (Å²) in [6, 6.07) is 6.26. The third-order valence-corrected chi connectivity index (χ3v) is 3.27. The van der Waals surface area contributed by atoms with Crippen LogP contribution in [0.4, 0.5) is 0 Å². The van der Waals surface area contributed by atoms with Gasteiger partial charge in [0, 0.05) is 11.8 Å². The predicted octanol–water partition coefficient (Wildman–Crippen LogP) is 3.91. The molecule has 1 aromatic heterocycles. The van der Waals surface area contributed by atoms with Crippen molar-refractivity contribution in [1.29, 1.82) is 0 Å². The third kappa shape index (κ3) is 2.09. The zero-order valence-electron chi connectivity index (χ0n) is 9.63. The van der Waals surface area contributed by atoms with Gasteiger partial charge in [0.15, 0.2) is 0 Å². The van der Waals surface area contributed by atoms with Crippen molar-refractivity contribution >= 4 is 26.8 Å². The topological polar surface area (TPSA) is 25.8 Å². The maximum Gasteiger partial charge on any atom is 0.130 e. The Morgan fingerprint density at radius 2 is 2.00 bits per heavy atom. The van der Waals surface area contributed by atoms with Gasteiger partial charge in [0.25, 0.3) is 0 Å². The molecule has 84 valence electrons. The largest absolute Gasteiger partial charge is 0.233 e. The van der Waals surface area contributed by atoms with Gasteiger partial charge in [-0.2, -0.15) is 0 Å². The molecule has 0 unspecified atom stereocenters. The lowest BCUT2D eigenvalue weighted by Gasteiger charge is -2.07. The van der Waals surface area contributed by atoms with Crippen LogP contribution in [0, 0.1) is 0 Å². The van der Waals surface area contributed by atoms with Crippen LogP contribution < -0.4 is 0 Å². The van der Waals surface area contributed by atoms with E-state index in [0.29, 0.717) is 0 Å². The maximum absolute atomic E-state index is 4.66. The van der Waals surface area contributed by atoms with Crippen LogP contribution in [0.15, 0.2) is 22.8 Å². The molecule has 0 N–H and O–H groups in total. The predicted molar refractivity (Wildman–Crippen MR) is 70.6 cm³/mol. The maximum atomic E-state index is 4.66. The summed E-state index contributed by atoms with van der Waals surface area (Å²) in [6.07, 6.45) is 3.02. The Labute approximate surface area is 104 Å². The first-order chi connectivity index (χ1) is 7.76. The van der Waals surface area contributed by atoms with Crippen molar-refractivity contribution in [3.8, 4) is 0 Å². The number of halogens is 1. The Hall–Kier alpha value is -0.960. The number of hydrogen-bond acceptors (Lipinski definition) is 2. The third-order valence-electron chi connectivity index (χ3n) is 2.66. The van der Waals surface area contributed by atoms with Gasteiger partial charge in [-0.1, -0.05) is 32.0 Å². The summed E-state index contributed by atoms with van der Waals surface area (Å²) in [5.74, 6) is 0.933. The highest BCUT2D eigenvalue weighted by Crippen LogP contribution is 2.24. The molecule has 0 aliphatic rings. The molecule has 0 fully saturated rings. The fourth-order valence-electron chi connectivity index (χ4n) is 1.84. The number of aromatic nitrogens is 2. The number of rotatable bonds is 3. The van der Waals surface area contributed by atoms with E-state index in [2.05, 4.69) is 57.9 Å². The average Bonchev–Trinajstić information content (AvgIpc) is 2.29. The summed E-state index contributed by atoms with van der Waals surface area (Å²) in [6.45, 7) is 4.30. The lowest BCUT2D eigenvalue weighted by atomic mass is 10.1. The molecule has 1 aromatic carbocycles. The van der Waals surface area contributed by atoms with E-state index in [0.717, 1.165) is 40.6 Å². The monoisotopic (exact) mass is 278 g/mol. The van der Waals surface area contributed by atoms with E-state index in [1.807, 2.05) is 0 Å². The van der Waals surface area contributed by atoms with E-state index in [-0.39, 0.29) is 0 Å². The van der Waals surface area contributed by atoms with Crippen molar-refractivity contribution in [2.45, 2.75) is 33.1 Å². The molecule has 0 saturated heterocycles. The Kier molecular flexibility index (Phi) is 3.54. The smallest absolute Gasteiger partial charge is 0.130 e. The van der Waals surface area contributed by atoms with Gasteiger partial charge < -0.3 is 0 Å². The highest BCUT2D eigenvalue weighted by molar-refractivity contribution is 9.10. The van der Waals surface area contributed by atoms with Crippen LogP contribution in [-0.2, 0) is 12.8 Å². The molecular formula is C13H15BrN2. The minimum Gasteiger partial charge on any atom is -0.233 e. The molecule has 1 heterocycles. The van der Waals surface area contributed by atoms with Gasteiger partial charge in [0.05, 0.1) is 5.52 Å². The minimum atomic E-state index is 0.913. The van der Waals surface area contributed by atoms with Gasteiger partial charge >= 0.3 is 0 Å². The van der Waals surface area contributed by atoms with Gasteiger partial charge in [-0.05, 0) is 34.3 Å². The van der Waals surface area contributed by atoms with Crippen molar-refractivity contribution in [3.63, 3.8) is 0 Å². The Morgan fingerprint density at radius 3 is 2.69 bits per heavy atom. The van der Waals surface area contributed by atoms with Crippen molar-refractivity contribution in [2.24, 2.45) is 0 Å². The molecule has 0 amide bonds. The van der Waals surface area contributed by atoms with Gasteiger partial charge in [0.2, 0.25) is 0 Å². The Morgan fingerprint density at radius 1 is 1.19 bits per heavy atom. The van der Waals surface area contributed by atoms with Crippen LogP contribution >= 0.6 is 15.9 Å². The zero-order valence-corrected chi connectivity index (χ0v) is 11.2. The lowest BCUT2D eigenvalue weighted by Crippen LogP contribution is -1.98. The van der Waals surface area contributed by atoms with Crippen molar-refractivity contribution < 1.29 is 0 Å². The molecule has 2 aromatic rings. The Bertz CT molecular complexity index is 509. The summed E-state index contributed by atoms with van der Waals surface area (Å²) in [7, 11) is 0. The highest BCUT2D eigenvalue weighted by atomic mass is 79.9. The number of fused-ring (bicyclic) bond motifs is 1. The first-order valence-electron chi connectivity index (χ1n) is 5.70. The highest BCUT2D eigenvalue weighted by Gasteiger charge is 2.07. The summed E-state index contributed by atoms with van der Waals surface area (Å²) < 4.78 is 0.913. The minimum absolute atomic E-state index is 0.913. The fraction of sp³-hybridized carbons (Fsp3) is 0.385. The first-order valence-corrected chi connectivity index (χ1v) is 6.49. The van der Waals surface area contributed by atoms with E-state index in [4.69, 9.17) is 0 Å². The van der Waals surface area contributed by atoms with Crippen molar-refractivity contribution in [3.05, 3.63) is 34.2 Å². The number of aryl methyl sites for hydroxylation is 2. The molecule has 0 aliphatic heterocycles. The van der Waals surface area contributed by atoms with Gasteiger partial charge in [0.1, 0.15) is 10.4 Å². The van der Waals surface area contributed by atoms with E-state index >= 15 is 0 Å². The molecule has 0 spiro atoms. The SMILES string of the molecule is CCCc1nc(Br)c2cccc(CC)c2n1. The van der Waals surface area contributed by atoms with Gasteiger partial charge in [-0.3, -0.25) is 0 Å². The number of benzene rings is 1. The van der Waals surface area contributed by atoms with Crippen LogP contribution in [0.2, 0.25) is 0 Å². The molecule has 16 heavy (non-hydrogen) atoms. The van der Waals surface area contributed by atoms with Crippen LogP contribution in [0.3, 0.4) is 0 Å². The van der Waals surface area contributed by atoms with E-state index < -0.39 is 0 Å². The summed E-state index contributed by atoms with van der Waals surface area (Å²) in [5, 5.41) is 1.11. The summed E-state index contributed by atoms with van der Waals surface area (Å²) >= 11 is 3.53. The van der Waals surface area contributed by atoms with Crippen molar-refractivity contribution in [2.75, 3.05) is 0 Å². The summed E-state index contributed by atoms with van der Waals surface area (Å²) in [5.41, 5.74) is 2.38. The molecule has 2 nitrogen and oxygen atoms in total. The van der Waals surface area contributed by atoms with E-state index in [9.17, 15) is 0 Å². The van der Waals surface area contributed by atoms with Crippen LogP contribution in [0.5, 0.6) is 0 Å². The molecule has 0 saturated carbocycles. The van der Waals surface area contributed by atoms with Crippen LogP contribution in [-0.4, -0.2) is 9.97 Å². The molecule has 0 bridgehead atoms. The number of para-hydroxylation sites is 1. The molecule has 0 aliphatic carbocycles. The standard InChI is InChI=1S/C13H15BrN2/c1-3-6-11-15-12-9(4-2)7-5-8-10(12)13(14)16-11/h5,7-8H,3-4,6H2,1-2H3. The second-order valence-electron chi connectivity index (χ2n) is 3.85. The molecular weight excluding hydrogens is 264 g/mol. The molecule has 0 radical (unpaired) electrons. The normalized spacial score (nSPS) is 10.9. The second-order valence-corrected chi connectivity index (χ2v) is 4.60.